The number of carbonyl (C=O) groups excluding carboxylic acids is 1. The second kappa shape index (κ2) is 5.83. The van der Waals surface area contributed by atoms with Gasteiger partial charge in [0.2, 0.25) is 0 Å². The topological polar surface area (TPSA) is 29.5 Å². The van der Waals surface area contributed by atoms with Crippen LogP contribution in [0.2, 0.25) is 0 Å². The Bertz CT molecular complexity index is 500. The summed E-state index contributed by atoms with van der Waals surface area (Å²) in [5.74, 6) is 0.953. The molecule has 0 aromatic heterocycles. The van der Waals surface area contributed by atoms with Gasteiger partial charge in [0.15, 0.2) is 0 Å². The summed E-state index contributed by atoms with van der Waals surface area (Å²) >= 11 is 0. The van der Waals surface area contributed by atoms with Gasteiger partial charge in [-0.3, -0.25) is 4.48 Å². The van der Waals surface area contributed by atoms with Crippen LogP contribution in [0.1, 0.15) is 30.9 Å². The molecule has 0 bridgehead atoms. The highest BCUT2D eigenvalue weighted by Crippen LogP contribution is 2.38. The number of carbonyl (C=O) groups is 1. The zero-order valence-electron chi connectivity index (χ0n) is 13.9. The molecule has 0 aliphatic heterocycles. The van der Waals surface area contributed by atoms with E-state index in [1.165, 1.54) is 10.6 Å². The summed E-state index contributed by atoms with van der Waals surface area (Å²) in [6, 6.07) is 4.11. The number of benzene rings is 1. The first-order valence-electron chi connectivity index (χ1n) is 6.89. The number of rotatable bonds is 3. The second-order valence-electron chi connectivity index (χ2n) is 6.63. The summed E-state index contributed by atoms with van der Waals surface area (Å²) in [5, 5.41) is 0. The SMILES string of the molecule is Cc1cc(OC(=O)N(C)C)c(C(C)C)c([N+](C)(C)C)c1. The highest BCUT2D eigenvalue weighted by molar-refractivity contribution is 5.72. The third-order valence-electron chi connectivity index (χ3n) is 3.13. The molecule has 1 aromatic carbocycles. The summed E-state index contributed by atoms with van der Waals surface area (Å²) in [7, 11) is 9.75. The molecule has 4 nitrogen and oxygen atoms in total. The van der Waals surface area contributed by atoms with Gasteiger partial charge in [0.25, 0.3) is 0 Å². The van der Waals surface area contributed by atoms with Crippen LogP contribution >= 0.6 is 0 Å². The zero-order chi connectivity index (χ0) is 15.7. The fourth-order valence-corrected chi connectivity index (χ4v) is 2.15. The van der Waals surface area contributed by atoms with Crippen molar-refractivity contribution in [2.75, 3.05) is 35.2 Å². The maximum atomic E-state index is 11.9. The first-order valence-corrected chi connectivity index (χ1v) is 6.89. The van der Waals surface area contributed by atoms with Crippen molar-refractivity contribution < 1.29 is 9.53 Å². The minimum absolute atomic E-state index is 0.285. The van der Waals surface area contributed by atoms with Gasteiger partial charge in [0, 0.05) is 20.2 Å². The van der Waals surface area contributed by atoms with Gasteiger partial charge in [-0.2, -0.15) is 0 Å². The molecule has 1 aromatic rings. The van der Waals surface area contributed by atoms with Gasteiger partial charge in [0.05, 0.1) is 26.7 Å². The van der Waals surface area contributed by atoms with E-state index >= 15 is 0 Å². The lowest BCUT2D eigenvalue weighted by molar-refractivity contribution is 0.171. The Kier molecular flexibility index (Phi) is 4.81. The van der Waals surface area contributed by atoms with E-state index in [4.69, 9.17) is 4.74 Å². The molecule has 0 saturated carbocycles. The van der Waals surface area contributed by atoms with E-state index in [2.05, 4.69) is 41.1 Å². The van der Waals surface area contributed by atoms with Crippen LogP contribution in [0, 0.1) is 6.92 Å². The molecule has 20 heavy (non-hydrogen) atoms. The maximum absolute atomic E-state index is 11.9. The second-order valence-corrected chi connectivity index (χ2v) is 6.63. The van der Waals surface area contributed by atoms with Crippen LogP contribution < -0.4 is 9.22 Å². The third kappa shape index (κ3) is 3.73. The summed E-state index contributed by atoms with van der Waals surface area (Å²) in [6.07, 6.45) is -0.343. The Balaban J connectivity index is 3.43. The number of ether oxygens (including phenoxy) is 1. The standard InChI is InChI=1S/C16H27N2O2/c1-11(2)15-13(18(6,7)8)9-12(3)10-14(15)20-16(19)17(4)5/h9-11H,1-8H3/q+1. The highest BCUT2D eigenvalue weighted by Gasteiger charge is 2.25. The van der Waals surface area contributed by atoms with Crippen molar-refractivity contribution in [1.82, 2.24) is 9.38 Å². The Hall–Kier alpha value is -1.55. The molecule has 1 amide bonds. The monoisotopic (exact) mass is 279 g/mol. The largest absolute Gasteiger partial charge is 0.414 e. The molecule has 0 aliphatic carbocycles. The average Bonchev–Trinajstić information content (AvgIpc) is 2.25. The minimum atomic E-state index is -0.343. The van der Waals surface area contributed by atoms with E-state index < -0.39 is 0 Å². The summed E-state index contributed by atoms with van der Waals surface area (Å²) in [6.45, 7) is 6.27. The van der Waals surface area contributed by atoms with Gasteiger partial charge in [-0.25, -0.2) is 4.79 Å². The molecule has 0 heterocycles. The van der Waals surface area contributed by atoms with Crippen molar-refractivity contribution in [2.24, 2.45) is 0 Å². The number of aryl methyl sites for hydroxylation is 1. The van der Waals surface area contributed by atoms with E-state index in [0.29, 0.717) is 10.2 Å². The number of quaternary nitrogens is 1. The van der Waals surface area contributed by atoms with Gasteiger partial charge in [-0.05, 0) is 24.5 Å². The summed E-state index contributed by atoms with van der Waals surface area (Å²) < 4.78 is 6.26. The molecule has 0 fully saturated rings. The maximum Gasteiger partial charge on any atom is 0.414 e. The molecule has 0 N–H and O–H groups in total. The fraction of sp³-hybridized carbons (Fsp3) is 0.562. The smallest absolute Gasteiger partial charge is 0.410 e. The first-order chi connectivity index (χ1) is 9.04. The van der Waals surface area contributed by atoms with Gasteiger partial charge < -0.3 is 9.64 Å². The Morgan fingerprint density at radius 3 is 2.15 bits per heavy atom. The van der Waals surface area contributed by atoms with Gasteiger partial charge in [-0.15, -0.1) is 0 Å². The van der Waals surface area contributed by atoms with Crippen LogP contribution in [-0.2, 0) is 0 Å². The quantitative estimate of drug-likeness (QED) is 0.794. The molecule has 4 heteroatoms. The van der Waals surface area contributed by atoms with Crippen LogP contribution in [0.15, 0.2) is 12.1 Å². The van der Waals surface area contributed by atoms with E-state index in [0.717, 1.165) is 11.1 Å². The Morgan fingerprint density at radius 1 is 1.20 bits per heavy atom. The summed E-state index contributed by atoms with van der Waals surface area (Å²) in [4.78, 5) is 13.3. The molecule has 112 valence electrons. The molecule has 0 unspecified atom stereocenters. The van der Waals surface area contributed by atoms with Crippen molar-refractivity contribution in [3.05, 3.63) is 23.3 Å². The number of nitrogens with zero attached hydrogens (tertiary/aromatic N) is 2. The average molecular weight is 279 g/mol. The van der Waals surface area contributed by atoms with Gasteiger partial charge >= 0.3 is 6.09 Å². The van der Waals surface area contributed by atoms with E-state index in [1.807, 2.05) is 13.0 Å². The van der Waals surface area contributed by atoms with Gasteiger partial charge in [-0.1, -0.05) is 13.8 Å². The molecular formula is C16H27N2O2+. The zero-order valence-corrected chi connectivity index (χ0v) is 13.9. The first kappa shape index (κ1) is 16.5. The number of hydrogen-bond donors (Lipinski definition) is 0. The lowest BCUT2D eigenvalue weighted by Crippen LogP contribution is -2.36. The number of hydrogen-bond acceptors (Lipinski definition) is 2. The Morgan fingerprint density at radius 2 is 1.75 bits per heavy atom. The van der Waals surface area contributed by atoms with Crippen LogP contribution in [-0.4, -0.2) is 46.2 Å². The summed E-state index contributed by atoms with van der Waals surface area (Å²) in [5.41, 5.74) is 3.37. The molecular weight excluding hydrogens is 252 g/mol. The van der Waals surface area contributed by atoms with Crippen LogP contribution in [0.5, 0.6) is 5.75 Å². The van der Waals surface area contributed by atoms with E-state index in [1.54, 1.807) is 14.1 Å². The van der Waals surface area contributed by atoms with Crippen molar-refractivity contribution in [2.45, 2.75) is 26.7 Å². The van der Waals surface area contributed by atoms with Crippen LogP contribution in [0.25, 0.3) is 0 Å². The van der Waals surface area contributed by atoms with E-state index in [-0.39, 0.29) is 12.0 Å². The molecule has 1 rings (SSSR count). The minimum Gasteiger partial charge on any atom is -0.410 e. The van der Waals surface area contributed by atoms with Crippen LogP contribution in [0.3, 0.4) is 0 Å². The normalized spacial score (nSPS) is 11.7. The predicted octanol–water partition coefficient (Wildman–Crippen LogP) is 3.38. The third-order valence-corrected chi connectivity index (χ3v) is 3.13. The van der Waals surface area contributed by atoms with Crippen molar-refractivity contribution in [1.29, 1.82) is 0 Å². The van der Waals surface area contributed by atoms with Crippen molar-refractivity contribution in [3.8, 4) is 5.75 Å². The van der Waals surface area contributed by atoms with Crippen LogP contribution in [0.4, 0.5) is 10.5 Å². The van der Waals surface area contributed by atoms with Crippen molar-refractivity contribution in [3.63, 3.8) is 0 Å². The highest BCUT2D eigenvalue weighted by atomic mass is 16.6. The molecule has 0 radical (unpaired) electrons. The fourth-order valence-electron chi connectivity index (χ4n) is 2.15. The van der Waals surface area contributed by atoms with Gasteiger partial charge in [0.1, 0.15) is 11.4 Å². The lowest BCUT2D eigenvalue weighted by Gasteiger charge is -2.29. The molecule has 0 aliphatic rings. The Labute approximate surface area is 122 Å². The molecule has 0 atom stereocenters. The molecule has 0 saturated heterocycles. The van der Waals surface area contributed by atoms with Crippen molar-refractivity contribution >= 4 is 11.8 Å². The lowest BCUT2D eigenvalue weighted by atomic mass is 9.96. The number of amides is 1. The van der Waals surface area contributed by atoms with E-state index in [9.17, 15) is 4.79 Å². The predicted molar refractivity (Wildman–Crippen MR) is 84.5 cm³/mol. The molecule has 0 spiro atoms.